The molecular weight excluding hydrogens is 353 g/mol. The first-order chi connectivity index (χ1) is 12.2. The van der Waals surface area contributed by atoms with E-state index in [2.05, 4.69) is 20.2 Å². The maximum absolute atomic E-state index is 12.2. The highest BCUT2D eigenvalue weighted by Crippen LogP contribution is 2.31. The van der Waals surface area contributed by atoms with Crippen molar-refractivity contribution in [2.24, 2.45) is 0 Å². The van der Waals surface area contributed by atoms with Gasteiger partial charge in [0.05, 0.1) is 6.04 Å². The highest BCUT2D eigenvalue weighted by Gasteiger charge is 2.35. The number of rotatable bonds is 4. The van der Waals surface area contributed by atoms with Crippen molar-refractivity contribution in [3.05, 3.63) is 30.2 Å². The summed E-state index contributed by atoms with van der Waals surface area (Å²) in [5.74, 6) is 0.246. The van der Waals surface area contributed by atoms with Crippen molar-refractivity contribution in [2.45, 2.75) is 31.8 Å². The summed E-state index contributed by atoms with van der Waals surface area (Å²) >= 11 is 0. The third kappa shape index (κ3) is 4.31. The number of likely N-dealkylation sites (tertiary alicyclic amines) is 1. The van der Waals surface area contributed by atoms with Gasteiger partial charge >= 0.3 is 6.36 Å². The van der Waals surface area contributed by atoms with Crippen molar-refractivity contribution < 1.29 is 27.2 Å². The number of halogens is 3. The molecule has 1 aliphatic heterocycles. The topological polar surface area (TPSA) is 80.5 Å². The summed E-state index contributed by atoms with van der Waals surface area (Å²) in [6.07, 6.45) is -4.10. The fourth-order valence-electron chi connectivity index (χ4n) is 2.97. The number of benzene rings is 1. The molecule has 2 heterocycles. The molecule has 0 unspecified atom stereocenters. The number of likely N-dealkylation sites (N-methyl/N-ethyl adjacent to an activating group) is 1. The van der Waals surface area contributed by atoms with Gasteiger partial charge in [0.1, 0.15) is 5.75 Å². The number of hydrogen-bond donors (Lipinski definition) is 1. The molecule has 7 nitrogen and oxygen atoms in total. The molecule has 1 aromatic heterocycles. The van der Waals surface area contributed by atoms with Crippen molar-refractivity contribution in [2.75, 3.05) is 13.6 Å². The number of ether oxygens (including phenoxy) is 1. The van der Waals surface area contributed by atoms with Crippen LogP contribution in [0.25, 0.3) is 11.4 Å². The Labute approximate surface area is 147 Å². The lowest BCUT2D eigenvalue weighted by Crippen LogP contribution is -2.34. The van der Waals surface area contributed by atoms with Crippen molar-refractivity contribution in [1.82, 2.24) is 20.4 Å². The van der Waals surface area contributed by atoms with E-state index in [1.807, 2.05) is 11.9 Å². The summed E-state index contributed by atoms with van der Waals surface area (Å²) < 4.78 is 45.7. The highest BCUT2D eigenvalue weighted by molar-refractivity contribution is 5.73. The molecular formula is C16H17F3N4O3. The summed E-state index contributed by atoms with van der Waals surface area (Å²) in [6, 6.07) is 5.08. The van der Waals surface area contributed by atoms with Crippen LogP contribution in [0, 0.1) is 0 Å². The molecule has 1 fully saturated rings. The van der Waals surface area contributed by atoms with Crippen LogP contribution in [-0.2, 0) is 4.79 Å². The number of nitrogens with zero attached hydrogens (tertiary/aromatic N) is 3. The average molecular weight is 370 g/mol. The summed E-state index contributed by atoms with van der Waals surface area (Å²) in [5.41, 5.74) is 0.508. The minimum atomic E-state index is -4.74. The molecule has 0 spiro atoms. The molecule has 1 aliphatic rings. The van der Waals surface area contributed by atoms with Crippen LogP contribution in [-0.4, -0.2) is 46.9 Å². The summed E-state index contributed by atoms with van der Waals surface area (Å²) in [4.78, 5) is 17.5. The van der Waals surface area contributed by atoms with Crippen LogP contribution in [0.3, 0.4) is 0 Å². The smallest absolute Gasteiger partial charge is 0.406 e. The van der Waals surface area contributed by atoms with Gasteiger partial charge in [0.2, 0.25) is 17.6 Å². The Morgan fingerprint density at radius 2 is 2.04 bits per heavy atom. The molecule has 3 rings (SSSR count). The van der Waals surface area contributed by atoms with Crippen molar-refractivity contribution in [3.8, 4) is 17.1 Å². The fraction of sp³-hybridized carbons (Fsp3) is 0.438. The van der Waals surface area contributed by atoms with E-state index in [4.69, 9.17) is 4.52 Å². The van der Waals surface area contributed by atoms with Crippen molar-refractivity contribution in [1.29, 1.82) is 0 Å². The molecule has 0 radical (unpaired) electrons. The number of amides is 1. The number of carbonyl (C=O) groups is 1. The Balaban J connectivity index is 1.71. The van der Waals surface area contributed by atoms with Gasteiger partial charge in [-0.25, -0.2) is 0 Å². The standard InChI is InChI=1S/C16H17F3N4O3/c1-9(24)20-11-7-13(23(2)8-11)15-21-14(22-26-15)10-3-5-12(6-4-10)25-16(17,18)19/h3-6,11,13H,7-8H2,1-2H3,(H,20,24)/t11-,13-/m0/s1. The molecule has 1 saturated heterocycles. The fourth-order valence-corrected chi connectivity index (χ4v) is 2.97. The zero-order valence-electron chi connectivity index (χ0n) is 14.1. The zero-order chi connectivity index (χ0) is 18.9. The lowest BCUT2D eigenvalue weighted by molar-refractivity contribution is -0.274. The molecule has 0 aliphatic carbocycles. The molecule has 0 saturated carbocycles. The molecule has 26 heavy (non-hydrogen) atoms. The molecule has 1 aromatic carbocycles. The van der Waals surface area contributed by atoms with E-state index in [0.29, 0.717) is 24.4 Å². The van der Waals surface area contributed by atoms with E-state index in [0.717, 1.165) is 0 Å². The number of alkyl halides is 3. The van der Waals surface area contributed by atoms with Gasteiger partial charge < -0.3 is 14.6 Å². The van der Waals surface area contributed by atoms with Crippen LogP contribution < -0.4 is 10.1 Å². The lowest BCUT2D eigenvalue weighted by Gasteiger charge is -2.13. The van der Waals surface area contributed by atoms with Gasteiger partial charge in [0, 0.05) is 25.1 Å². The Hall–Kier alpha value is -2.62. The van der Waals surface area contributed by atoms with Gasteiger partial charge in [-0.15, -0.1) is 13.2 Å². The Kier molecular flexibility index (Phi) is 4.86. The maximum atomic E-state index is 12.2. The summed E-state index contributed by atoms with van der Waals surface area (Å²) in [6.45, 7) is 2.12. The van der Waals surface area contributed by atoms with Gasteiger partial charge in [-0.2, -0.15) is 4.98 Å². The van der Waals surface area contributed by atoms with Crippen LogP contribution >= 0.6 is 0 Å². The lowest BCUT2D eigenvalue weighted by atomic mass is 10.1. The molecule has 2 atom stereocenters. The largest absolute Gasteiger partial charge is 0.573 e. The van der Waals surface area contributed by atoms with Gasteiger partial charge in [0.15, 0.2) is 0 Å². The molecule has 1 N–H and O–H groups in total. The van der Waals surface area contributed by atoms with Crippen LogP contribution in [0.1, 0.15) is 25.3 Å². The number of aromatic nitrogens is 2. The minimum absolute atomic E-state index is 0.00310. The van der Waals surface area contributed by atoms with E-state index in [1.165, 1.54) is 31.2 Å². The van der Waals surface area contributed by atoms with Crippen LogP contribution in [0.15, 0.2) is 28.8 Å². The van der Waals surface area contributed by atoms with Crippen molar-refractivity contribution >= 4 is 5.91 Å². The Bertz CT molecular complexity index is 776. The van der Waals surface area contributed by atoms with Crippen molar-refractivity contribution in [3.63, 3.8) is 0 Å². The first-order valence-electron chi connectivity index (χ1n) is 7.88. The summed E-state index contributed by atoms with van der Waals surface area (Å²) in [7, 11) is 1.89. The Morgan fingerprint density at radius 1 is 1.35 bits per heavy atom. The normalized spacial score (nSPS) is 21.0. The van der Waals surface area contributed by atoms with Gasteiger partial charge in [-0.3, -0.25) is 9.69 Å². The van der Waals surface area contributed by atoms with Crippen LogP contribution in [0.2, 0.25) is 0 Å². The number of nitrogens with one attached hydrogen (secondary N) is 1. The number of hydrogen-bond acceptors (Lipinski definition) is 6. The molecule has 1 amide bonds. The monoisotopic (exact) mass is 370 g/mol. The van der Waals surface area contributed by atoms with E-state index >= 15 is 0 Å². The van der Waals surface area contributed by atoms with E-state index < -0.39 is 6.36 Å². The van der Waals surface area contributed by atoms with Gasteiger partial charge in [-0.1, -0.05) is 5.16 Å². The van der Waals surface area contributed by atoms with Crippen LogP contribution in [0.4, 0.5) is 13.2 Å². The second-order valence-electron chi connectivity index (χ2n) is 6.12. The predicted octanol–water partition coefficient (Wildman–Crippen LogP) is 2.52. The second-order valence-corrected chi connectivity index (χ2v) is 6.12. The molecule has 0 bridgehead atoms. The third-order valence-electron chi connectivity index (χ3n) is 4.03. The third-order valence-corrected chi connectivity index (χ3v) is 4.03. The van der Waals surface area contributed by atoms with E-state index in [1.54, 1.807) is 0 Å². The maximum Gasteiger partial charge on any atom is 0.573 e. The Morgan fingerprint density at radius 3 is 2.65 bits per heavy atom. The average Bonchev–Trinajstić information content (AvgIpc) is 3.12. The minimum Gasteiger partial charge on any atom is -0.406 e. The second kappa shape index (κ2) is 6.94. The highest BCUT2D eigenvalue weighted by atomic mass is 19.4. The SMILES string of the molecule is CC(=O)N[C@H]1C[C@@H](c2nc(-c3ccc(OC(F)(F)F)cc3)no2)N(C)C1. The zero-order valence-corrected chi connectivity index (χ0v) is 14.1. The quantitative estimate of drug-likeness (QED) is 0.891. The first-order valence-corrected chi connectivity index (χ1v) is 7.88. The molecule has 2 aromatic rings. The first kappa shape index (κ1) is 18.2. The predicted molar refractivity (Wildman–Crippen MR) is 84.0 cm³/mol. The van der Waals surface area contributed by atoms with Gasteiger partial charge in [0.25, 0.3) is 0 Å². The molecule has 140 valence electrons. The van der Waals surface area contributed by atoms with Gasteiger partial charge in [-0.05, 0) is 37.7 Å². The van der Waals surface area contributed by atoms with Crippen LogP contribution in [0.5, 0.6) is 5.75 Å². The number of carbonyl (C=O) groups excluding carboxylic acids is 1. The molecule has 10 heteroatoms. The summed E-state index contributed by atoms with van der Waals surface area (Å²) in [5, 5.41) is 6.75. The van der Waals surface area contributed by atoms with E-state index in [-0.39, 0.29) is 29.6 Å². The van der Waals surface area contributed by atoms with E-state index in [9.17, 15) is 18.0 Å².